The summed E-state index contributed by atoms with van der Waals surface area (Å²) in [5, 5.41) is 0. The summed E-state index contributed by atoms with van der Waals surface area (Å²) < 4.78 is 8.66. The number of hydrogen-bond donors (Lipinski definition) is 0. The van der Waals surface area contributed by atoms with E-state index in [4.69, 9.17) is 4.52 Å². The Balaban J connectivity index is 2.05. The van der Waals surface area contributed by atoms with Gasteiger partial charge in [-0.2, -0.15) is 0 Å². The first-order valence-electron chi connectivity index (χ1n) is 5.97. The second kappa shape index (κ2) is 8.14. The number of imidazole rings is 1. The van der Waals surface area contributed by atoms with E-state index in [0.717, 1.165) is 15.9 Å². The average Bonchev–Trinajstić information content (AvgIpc) is 2.90. The number of benzene rings is 1. The molecule has 104 valence electrons. The highest BCUT2D eigenvalue weighted by atomic mass is 127. The first-order valence-corrected chi connectivity index (χ1v) is 10.8. The van der Waals surface area contributed by atoms with Crippen molar-refractivity contribution in [1.82, 2.24) is 9.55 Å². The van der Waals surface area contributed by atoms with Crippen molar-refractivity contribution in [1.29, 1.82) is 0 Å². The second-order valence-electron chi connectivity index (χ2n) is 4.06. The predicted molar refractivity (Wildman–Crippen MR) is 95.1 cm³/mol. The summed E-state index contributed by atoms with van der Waals surface area (Å²) >= 11 is 5.63. The van der Waals surface area contributed by atoms with Gasteiger partial charge in [-0.05, 0) is 53.2 Å². The summed E-state index contributed by atoms with van der Waals surface area (Å²) in [4.78, 5) is 4.34. The van der Waals surface area contributed by atoms with Crippen LogP contribution < -0.4 is 0 Å². The van der Waals surface area contributed by atoms with Gasteiger partial charge in [-0.3, -0.25) is 0 Å². The molecule has 0 radical (unpaired) electrons. The molecule has 1 aromatic heterocycles. The van der Waals surface area contributed by atoms with Gasteiger partial charge in [-0.25, -0.2) is 4.98 Å². The Morgan fingerprint density at radius 2 is 2.20 bits per heavy atom. The van der Waals surface area contributed by atoms with Gasteiger partial charge in [0, 0.05) is 22.4 Å². The molecule has 2 atom stereocenters. The van der Waals surface area contributed by atoms with Crippen LogP contribution in [-0.4, -0.2) is 9.55 Å². The van der Waals surface area contributed by atoms with Gasteiger partial charge < -0.3 is 9.09 Å². The maximum absolute atomic E-state index is 5.58. The van der Waals surface area contributed by atoms with Crippen LogP contribution >= 0.6 is 44.4 Å². The molecule has 0 spiro atoms. The van der Waals surface area contributed by atoms with Crippen LogP contribution in [0.2, 0.25) is 0 Å². The Hall–Kier alpha value is -0.410. The molecule has 0 aliphatic rings. The van der Waals surface area contributed by atoms with Gasteiger partial charge in [-0.15, -0.1) is 0 Å². The van der Waals surface area contributed by atoms with Gasteiger partial charge >= 0.3 is 0 Å². The summed E-state index contributed by atoms with van der Waals surface area (Å²) in [5.41, 5.74) is 1.01. The van der Waals surface area contributed by atoms with E-state index in [2.05, 4.69) is 54.8 Å². The first kappa shape index (κ1) is 16.0. The van der Waals surface area contributed by atoms with E-state index in [9.17, 15) is 0 Å². The first-order chi connectivity index (χ1) is 9.70. The van der Waals surface area contributed by atoms with E-state index >= 15 is 0 Å². The molecular formula is C14H13BrIN2OP. The molecule has 20 heavy (non-hydrogen) atoms. The third kappa shape index (κ3) is 4.56. The lowest BCUT2D eigenvalue weighted by Crippen LogP contribution is -2.06. The highest BCUT2D eigenvalue weighted by Crippen LogP contribution is 2.30. The van der Waals surface area contributed by atoms with E-state index in [1.54, 1.807) is 6.20 Å². The highest BCUT2D eigenvalue weighted by molar-refractivity contribution is 14.2. The van der Waals surface area contributed by atoms with Gasteiger partial charge in [0.05, 0.1) is 13.0 Å². The lowest BCUT2D eigenvalue weighted by atomic mass is 10.2. The summed E-state index contributed by atoms with van der Waals surface area (Å²) in [7, 11) is 0. The van der Waals surface area contributed by atoms with Gasteiger partial charge in [-0.1, -0.05) is 27.8 Å². The number of hydrogen-bond acceptors (Lipinski definition) is 2. The quantitative estimate of drug-likeness (QED) is 0.373. The molecule has 3 nitrogen and oxygen atoms in total. The fourth-order valence-electron chi connectivity index (χ4n) is 1.69. The van der Waals surface area contributed by atoms with Crippen LogP contribution in [0.3, 0.4) is 0 Å². The van der Waals surface area contributed by atoms with Crippen molar-refractivity contribution in [2.24, 2.45) is 0 Å². The monoisotopic (exact) mass is 462 g/mol. The summed E-state index contributed by atoms with van der Waals surface area (Å²) in [5.74, 6) is 7.23. The normalized spacial score (nSPS) is 12.3. The van der Waals surface area contributed by atoms with Gasteiger partial charge in [0.2, 0.25) is 0 Å². The molecule has 2 rings (SSSR count). The highest BCUT2D eigenvalue weighted by Gasteiger charge is 2.11. The molecule has 0 aliphatic heterocycles. The minimum Gasteiger partial charge on any atom is -0.341 e. The standard InChI is InChI=1S/C14H13BrIN2OP/c1-11(19-20-16)14-17-8-10-18(14)9-2-3-12-4-6-13(15)7-5-12/h4-8,10-11,20H,9H2,1H3. The van der Waals surface area contributed by atoms with E-state index in [1.807, 2.05) is 42.0 Å². The molecule has 0 saturated heterocycles. The zero-order valence-corrected chi connectivity index (χ0v) is 15.6. The molecule has 0 N–H and O–H groups in total. The van der Waals surface area contributed by atoms with E-state index < -0.39 is 0 Å². The molecular weight excluding hydrogens is 450 g/mol. The Morgan fingerprint density at radius 1 is 1.45 bits per heavy atom. The summed E-state index contributed by atoms with van der Waals surface area (Å²) in [6.45, 7) is 3.05. The zero-order valence-electron chi connectivity index (χ0n) is 10.8. The molecule has 1 heterocycles. The van der Waals surface area contributed by atoms with E-state index in [-0.39, 0.29) is 6.10 Å². The van der Waals surface area contributed by atoms with Crippen molar-refractivity contribution in [3.8, 4) is 11.8 Å². The Morgan fingerprint density at radius 3 is 2.90 bits per heavy atom. The SMILES string of the molecule is CC(OPI)c1nccn1CC#Cc1ccc(Br)cc1. The van der Waals surface area contributed by atoms with Crippen molar-refractivity contribution < 1.29 is 4.52 Å². The topological polar surface area (TPSA) is 27.1 Å². The summed E-state index contributed by atoms with van der Waals surface area (Å²) in [6.07, 6.45) is 3.71. The van der Waals surface area contributed by atoms with Gasteiger partial charge in [0.15, 0.2) is 0 Å². The fourth-order valence-corrected chi connectivity index (χ4v) is 3.34. The fraction of sp³-hybridized carbons (Fsp3) is 0.214. The molecule has 2 unspecified atom stereocenters. The Labute approximate surface area is 142 Å². The van der Waals surface area contributed by atoms with E-state index in [0.29, 0.717) is 13.0 Å². The molecule has 0 bridgehead atoms. The summed E-state index contributed by atoms with van der Waals surface area (Å²) in [6, 6.07) is 7.97. The lowest BCUT2D eigenvalue weighted by Gasteiger charge is -2.11. The molecule has 2 aromatic rings. The van der Waals surface area contributed by atoms with E-state index in [1.165, 1.54) is 0 Å². The maximum Gasteiger partial charge on any atom is 0.138 e. The van der Waals surface area contributed by atoms with Crippen LogP contribution in [0.4, 0.5) is 0 Å². The van der Waals surface area contributed by atoms with Crippen LogP contribution in [0, 0.1) is 11.8 Å². The average molecular weight is 463 g/mol. The zero-order chi connectivity index (χ0) is 14.4. The maximum atomic E-state index is 5.58. The number of aromatic nitrogens is 2. The largest absolute Gasteiger partial charge is 0.341 e. The van der Waals surface area contributed by atoms with Crippen LogP contribution in [0.15, 0.2) is 41.1 Å². The molecule has 0 amide bonds. The molecule has 6 heteroatoms. The number of halogens is 2. The van der Waals surface area contributed by atoms with Crippen molar-refractivity contribution in [3.63, 3.8) is 0 Å². The number of rotatable bonds is 4. The minimum absolute atomic E-state index is 0.00489. The van der Waals surface area contributed by atoms with Crippen LogP contribution in [0.25, 0.3) is 0 Å². The van der Waals surface area contributed by atoms with Crippen molar-refractivity contribution in [3.05, 3.63) is 52.5 Å². The molecule has 1 aromatic carbocycles. The minimum atomic E-state index is -0.00489. The smallest absolute Gasteiger partial charge is 0.138 e. The van der Waals surface area contributed by atoms with Crippen LogP contribution in [-0.2, 0) is 11.1 Å². The van der Waals surface area contributed by atoms with Gasteiger partial charge in [0.1, 0.15) is 11.9 Å². The van der Waals surface area contributed by atoms with Gasteiger partial charge in [0.25, 0.3) is 0 Å². The Bertz CT molecular complexity index is 618. The lowest BCUT2D eigenvalue weighted by molar-refractivity contribution is 0.251. The molecule has 0 saturated carbocycles. The second-order valence-corrected chi connectivity index (χ2v) is 6.69. The van der Waals surface area contributed by atoms with Crippen molar-refractivity contribution in [2.75, 3.05) is 0 Å². The van der Waals surface area contributed by atoms with Crippen molar-refractivity contribution in [2.45, 2.75) is 19.6 Å². The van der Waals surface area contributed by atoms with Crippen LogP contribution in [0.1, 0.15) is 24.4 Å². The third-order valence-corrected chi connectivity index (χ3v) is 4.39. The van der Waals surface area contributed by atoms with Crippen molar-refractivity contribution >= 4 is 44.4 Å². The predicted octanol–water partition coefficient (Wildman–Crippen LogP) is 4.72. The Kier molecular flexibility index (Phi) is 6.50. The molecule has 0 aliphatic carbocycles. The molecule has 0 fully saturated rings. The third-order valence-electron chi connectivity index (χ3n) is 2.66. The number of nitrogens with zero attached hydrogens (tertiary/aromatic N) is 2. The van der Waals surface area contributed by atoms with Crippen LogP contribution in [0.5, 0.6) is 0 Å².